The van der Waals surface area contributed by atoms with Gasteiger partial charge in [0.25, 0.3) is 0 Å². The van der Waals surface area contributed by atoms with E-state index >= 15 is 0 Å². The average molecular weight is 323 g/mol. The largest absolute Gasteiger partial charge is 0.465 e. The fourth-order valence-electron chi connectivity index (χ4n) is 3.73. The van der Waals surface area contributed by atoms with Crippen LogP contribution >= 0.6 is 0 Å². The van der Waals surface area contributed by atoms with Crippen molar-refractivity contribution >= 4 is 5.97 Å². The molecule has 1 aliphatic heterocycles. The molecule has 0 amide bonds. The number of hydrogen-bond acceptors (Lipinski definition) is 3. The van der Waals surface area contributed by atoms with Crippen LogP contribution in [-0.2, 0) is 11.3 Å². The van der Waals surface area contributed by atoms with E-state index in [1.807, 2.05) is 18.2 Å². The van der Waals surface area contributed by atoms with E-state index in [1.165, 1.54) is 18.2 Å². The van der Waals surface area contributed by atoms with Gasteiger partial charge in [0, 0.05) is 13.1 Å². The van der Waals surface area contributed by atoms with Crippen LogP contribution in [0.1, 0.15) is 40.7 Å². The van der Waals surface area contributed by atoms with Gasteiger partial charge in [-0.05, 0) is 48.1 Å². The molecule has 1 saturated heterocycles. The Balaban J connectivity index is 1.66. The molecule has 0 aliphatic carbocycles. The maximum absolute atomic E-state index is 11.8. The van der Waals surface area contributed by atoms with Crippen molar-refractivity contribution in [3.63, 3.8) is 0 Å². The van der Waals surface area contributed by atoms with Crippen LogP contribution in [0.25, 0.3) is 0 Å². The van der Waals surface area contributed by atoms with Crippen molar-refractivity contribution < 1.29 is 9.53 Å². The number of rotatable bonds is 4. The predicted octanol–water partition coefficient (Wildman–Crippen LogP) is 4.10. The van der Waals surface area contributed by atoms with Gasteiger partial charge in [-0.15, -0.1) is 0 Å². The normalized spacial score (nSPS) is 21.4. The lowest BCUT2D eigenvalue weighted by atomic mass is 9.81. The minimum atomic E-state index is -0.258. The molecule has 1 heterocycles. The quantitative estimate of drug-likeness (QED) is 0.793. The number of benzene rings is 2. The summed E-state index contributed by atoms with van der Waals surface area (Å²) < 4.78 is 4.84. The molecule has 0 bridgehead atoms. The molecule has 2 aromatic rings. The van der Waals surface area contributed by atoms with Crippen molar-refractivity contribution in [3.05, 3.63) is 71.3 Å². The van der Waals surface area contributed by atoms with E-state index in [-0.39, 0.29) is 5.97 Å². The molecule has 126 valence electrons. The van der Waals surface area contributed by atoms with Crippen LogP contribution in [0.5, 0.6) is 0 Å². The number of ether oxygens (including phenoxy) is 1. The van der Waals surface area contributed by atoms with Crippen LogP contribution in [0.4, 0.5) is 0 Å². The zero-order chi connectivity index (χ0) is 16.9. The van der Waals surface area contributed by atoms with Crippen LogP contribution < -0.4 is 0 Å². The third kappa shape index (κ3) is 3.85. The molecule has 0 aromatic heterocycles. The van der Waals surface area contributed by atoms with Gasteiger partial charge in [0.2, 0.25) is 0 Å². The van der Waals surface area contributed by atoms with E-state index < -0.39 is 0 Å². The molecular formula is C21H25NO2. The molecule has 0 radical (unpaired) electrons. The molecule has 24 heavy (non-hydrogen) atoms. The maximum Gasteiger partial charge on any atom is 0.337 e. The van der Waals surface area contributed by atoms with Crippen molar-refractivity contribution in [2.75, 3.05) is 20.2 Å². The molecule has 2 atom stereocenters. The summed E-state index contributed by atoms with van der Waals surface area (Å²) in [6.07, 6.45) is 1.12. The SMILES string of the molecule is COC(=O)c1cccc(C2CCN(Cc3ccccc3)CC2C)c1. The van der Waals surface area contributed by atoms with Crippen LogP contribution in [0.3, 0.4) is 0 Å². The summed E-state index contributed by atoms with van der Waals surface area (Å²) >= 11 is 0. The van der Waals surface area contributed by atoms with Gasteiger partial charge in [0.15, 0.2) is 0 Å². The Morgan fingerprint density at radius 3 is 2.67 bits per heavy atom. The second kappa shape index (κ2) is 7.63. The Hall–Kier alpha value is -2.13. The smallest absolute Gasteiger partial charge is 0.337 e. The van der Waals surface area contributed by atoms with Crippen molar-refractivity contribution in [1.82, 2.24) is 4.90 Å². The molecule has 0 saturated carbocycles. The number of piperidine rings is 1. The zero-order valence-corrected chi connectivity index (χ0v) is 14.4. The van der Waals surface area contributed by atoms with Gasteiger partial charge < -0.3 is 4.74 Å². The zero-order valence-electron chi connectivity index (χ0n) is 14.4. The summed E-state index contributed by atoms with van der Waals surface area (Å²) in [4.78, 5) is 14.3. The lowest BCUT2D eigenvalue weighted by molar-refractivity contribution is 0.0600. The molecule has 1 fully saturated rings. The highest BCUT2D eigenvalue weighted by Gasteiger charge is 2.27. The first-order valence-electron chi connectivity index (χ1n) is 8.62. The highest BCUT2D eigenvalue weighted by Crippen LogP contribution is 2.33. The summed E-state index contributed by atoms with van der Waals surface area (Å²) in [5, 5.41) is 0. The van der Waals surface area contributed by atoms with Crippen LogP contribution in [-0.4, -0.2) is 31.1 Å². The number of hydrogen-bond donors (Lipinski definition) is 0. The number of nitrogens with zero attached hydrogens (tertiary/aromatic N) is 1. The van der Waals surface area contributed by atoms with Crippen LogP contribution in [0.15, 0.2) is 54.6 Å². The summed E-state index contributed by atoms with van der Waals surface area (Å²) in [5.41, 5.74) is 3.27. The lowest BCUT2D eigenvalue weighted by Crippen LogP contribution is -2.37. The van der Waals surface area contributed by atoms with Crippen LogP contribution in [0.2, 0.25) is 0 Å². The number of esters is 1. The monoisotopic (exact) mass is 323 g/mol. The van der Waals surface area contributed by atoms with Gasteiger partial charge in [0.1, 0.15) is 0 Å². The minimum Gasteiger partial charge on any atom is -0.465 e. The van der Waals surface area contributed by atoms with E-state index in [2.05, 4.69) is 48.2 Å². The average Bonchev–Trinajstić information content (AvgIpc) is 2.62. The first kappa shape index (κ1) is 16.7. The number of likely N-dealkylation sites (tertiary alicyclic amines) is 1. The van der Waals surface area contributed by atoms with Crippen molar-refractivity contribution in [2.24, 2.45) is 5.92 Å². The standard InChI is InChI=1S/C21H25NO2/c1-16-14-22(15-17-7-4-3-5-8-17)12-11-20(16)18-9-6-10-19(13-18)21(23)24-2/h3-10,13,16,20H,11-12,14-15H2,1-2H3. The van der Waals surface area contributed by atoms with Crippen LogP contribution in [0, 0.1) is 5.92 Å². The lowest BCUT2D eigenvalue weighted by Gasteiger charge is -2.37. The number of carbonyl (C=O) groups excluding carboxylic acids is 1. The van der Waals surface area contributed by atoms with E-state index in [4.69, 9.17) is 4.74 Å². The maximum atomic E-state index is 11.8. The number of carbonyl (C=O) groups is 1. The van der Waals surface area contributed by atoms with Gasteiger partial charge in [-0.3, -0.25) is 4.90 Å². The van der Waals surface area contributed by atoms with Gasteiger partial charge in [-0.1, -0.05) is 49.4 Å². The molecule has 0 N–H and O–H groups in total. The third-order valence-electron chi connectivity index (χ3n) is 4.97. The Morgan fingerprint density at radius 2 is 1.96 bits per heavy atom. The summed E-state index contributed by atoms with van der Waals surface area (Å²) in [5.74, 6) is 0.808. The first-order chi connectivity index (χ1) is 11.7. The Kier molecular flexibility index (Phi) is 5.31. The van der Waals surface area contributed by atoms with Crippen molar-refractivity contribution in [3.8, 4) is 0 Å². The molecule has 2 aromatic carbocycles. The van der Waals surface area contributed by atoms with Gasteiger partial charge in [0.05, 0.1) is 12.7 Å². The van der Waals surface area contributed by atoms with E-state index in [0.717, 1.165) is 26.1 Å². The Bertz CT molecular complexity index is 683. The fourth-order valence-corrected chi connectivity index (χ4v) is 3.73. The van der Waals surface area contributed by atoms with Gasteiger partial charge in [-0.2, -0.15) is 0 Å². The third-order valence-corrected chi connectivity index (χ3v) is 4.97. The van der Waals surface area contributed by atoms with E-state index in [0.29, 0.717) is 17.4 Å². The fraction of sp³-hybridized carbons (Fsp3) is 0.381. The number of methoxy groups -OCH3 is 1. The minimum absolute atomic E-state index is 0.258. The molecule has 3 nitrogen and oxygen atoms in total. The Morgan fingerprint density at radius 1 is 1.17 bits per heavy atom. The Labute approximate surface area is 144 Å². The summed E-state index contributed by atoms with van der Waals surface area (Å²) in [6.45, 7) is 5.50. The molecule has 3 heteroatoms. The van der Waals surface area contributed by atoms with Gasteiger partial charge in [-0.25, -0.2) is 4.79 Å². The molecule has 0 spiro atoms. The van der Waals surface area contributed by atoms with Crippen molar-refractivity contribution in [2.45, 2.75) is 25.8 Å². The topological polar surface area (TPSA) is 29.5 Å². The van der Waals surface area contributed by atoms with E-state index in [1.54, 1.807) is 0 Å². The first-order valence-corrected chi connectivity index (χ1v) is 8.62. The summed E-state index contributed by atoms with van der Waals surface area (Å²) in [6, 6.07) is 18.6. The molecular weight excluding hydrogens is 298 g/mol. The second-order valence-electron chi connectivity index (χ2n) is 6.71. The van der Waals surface area contributed by atoms with Crippen molar-refractivity contribution in [1.29, 1.82) is 0 Å². The highest BCUT2D eigenvalue weighted by atomic mass is 16.5. The highest BCUT2D eigenvalue weighted by molar-refractivity contribution is 5.89. The van der Waals surface area contributed by atoms with E-state index in [9.17, 15) is 4.79 Å². The molecule has 3 rings (SSSR count). The van der Waals surface area contributed by atoms with Gasteiger partial charge >= 0.3 is 5.97 Å². The summed E-state index contributed by atoms with van der Waals surface area (Å²) in [7, 11) is 1.43. The molecule has 2 unspecified atom stereocenters. The second-order valence-corrected chi connectivity index (χ2v) is 6.71. The molecule has 1 aliphatic rings. The predicted molar refractivity (Wildman–Crippen MR) is 96.0 cm³/mol.